The minimum atomic E-state index is -3.60. The first-order chi connectivity index (χ1) is 14.5. The van der Waals surface area contributed by atoms with E-state index in [0.29, 0.717) is 12.2 Å². The van der Waals surface area contributed by atoms with Gasteiger partial charge in [0.1, 0.15) is 5.75 Å². The molecule has 0 aliphatic rings. The van der Waals surface area contributed by atoms with Gasteiger partial charge in [0.25, 0.3) is 0 Å². The predicted molar refractivity (Wildman–Crippen MR) is 121 cm³/mol. The molecule has 2 aromatic carbocycles. The van der Waals surface area contributed by atoms with E-state index in [1.54, 1.807) is 6.07 Å². The second kappa shape index (κ2) is 12.5. The third-order valence-electron chi connectivity index (χ3n) is 4.79. The van der Waals surface area contributed by atoms with Crippen LogP contribution in [0.15, 0.2) is 42.5 Å². The maximum absolute atomic E-state index is 12.1. The molecule has 2 aromatic rings. The number of ether oxygens (including phenoxy) is 2. The van der Waals surface area contributed by atoms with Crippen molar-refractivity contribution in [3.8, 4) is 17.2 Å². The molecule has 0 saturated carbocycles. The van der Waals surface area contributed by atoms with Crippen LogP contribution in [0.2, 0.25) is 0 Å². The average Bonchev–Trinajstić information content (AvgIpc) is 2.73. The number of unbranched alkanes of at least 4 members (excludes halogenated alkanes) is 2. The molecule has 0 bridgehead atoms. The molecule has 0 atom stereocenters. The number of aryl methyl sites for hydroxylation is 2. The molecule has 30 heavy (non-hydrogen) atoms. The van der Waals surface area contributed by atoms with Crippen molar-refractivity contribution in [2.75, 3.05) is 19.5 Å². The van der Waals surface area contributed by atoms with Gasteiger partial charge in [0.2, 0.25) is 0 Å². The Morgan fingerprint density at radius 2 is 1.57 bits per heavy atom. The van der Waals surface area contributed by atoms with Crippen LogP contribution in [-0.2, 0) is 23.0 Å². The lowest BCUT2D eigenvalue weighted by Crippen LogP contribution is -2.14. The van der Waals surface area contributed by atoms with Gasteiger partial charge in [-0.2, -0.15) is 8.42 Å². The highest BCUT2D eigenvalue weighted by Gasteiger charge is 2.16. The van der Waals surface area contributed by atoms with E-state index in [1.807, 2.05) is 31.2 Å². The number of methoxy groups -OCH3 is 1. The van der Waals surface area contributed by atoms with Gasteiger partial charge < -0.3 is 13.7 Å². The summed E-state index contributed by atoms with van der Waals surface area (Å²) in [5, 5.41) is 0. The highest BCUT2D eigenvalue weighted by Crippen LogP contribution is 2.30. The van der Waals surface area contributed by atoms with Crippen LogP contribution in [0.3, 0.4) is 0 Å². The minimum Gasteiger partial charge on any atom is -0.494 e. The zero-order valence-corrected chi connectivity index (χ0v) is 19.2. The van der Waals surface area contributed by atoms with E-state index in [2.05, 4.69) is 19.1 Å². The fourth-order valence-electron chi connectivity index (χ4n) is 3.06. The molecule has 2 rings (SSSR count). The molecule has 0 N–H and O–H groups in total. The summed E-state index contributed by atoms with van der Waals surface area (Å²) in [5.41, 5.74) is 2.33. The van der Waals surface area contributed by atoms with Crippen LogP contribution in [0, 0.1) is 0 Å². The van der Waals surface area contributed by atoms with Crippen LogP contribution in [0.4, 0.5) is 0 Å². The molecule has 0 spiro atoms. The van der Waals surface area contributed by atoms with Gasteiger partial charge in [0, 0.05) is 0 Å². The quantitative estimate of drug-likeness (QED) is 0.288. The van der Waals surface area contributed by atoms with Crippen molar-refractivity contribution in [1.82, 2.24) is 0 Å². The highest BCUT2D eigenvalue weighted by molar-refractivity contribution is 7.87. The molecule has 0 aliphatic carbocycles. The molecule has 0 amide bonds. The Balaban J connectivity index is 1.92. The first kappa shape index (κ1) is 24.1. The molecule has 166 valence electrons. The summed E-state index contributed by atoms with van der Waals surface area (Å²) >= 11 is 0. The lowest BCUT2D eigenvalue weighted by atomic mass is 10.0. The molecule has 0 aliphatic heterocycles. The summed E-state index contributed by atoms with van der Waals surface area (Å²) in [6.45, 7) is 4.85. The Kier molecular flexibility index (Phi) is 10.0. The van der Waals surface area contributed by atoms with E-state index < -0.39 is 10.1 Å². The zero-order chi connectivity index (χ0) is 21.8. The maximum atomic E-state index is 12.1. The standard InChI is InChI=1S/C24H34O5S/c1-4-6-16-28-22-13-9-12-20(18-22)10-8-11-21-14-15-23(24(19-21)27-3)29-30(25,26)17-7-5-2/h9,12-15,18-19H,4-8,10-11,16-17H2,1-3H3. The molecule has 5 nitrogen and oxygen atoms in total. The van der Waals surface area contributed by atoms with Gasteiger partial charge in [-0.1, -0.05) is 44.9 Å². The normalized spacial score (nSPS) is 11.3. The lowest BCUT2D eigenvalue weighted by Gasteiger charge is -2.12. The summed E-state index contributed by atoms with van der Waals surface area (Å²) in [6, 6.07) is 13.7. The van der Waals surface area contributed by atoms with Crippen molar-refractivity contribution in [3.63, 3.8) is 0 Å². The van der Waals surface area contributed by atoms with E-state index in [-0.39, 0.29) is 11.5 Å². The lowest BCUT2D eigenvalue weighted by molar-refractivity contribution is 0.309. The van der Waals surface area contributed by atoms with Crippen LogP contribution in [-0.4, -0.2) is 27.9 Å². The van der Waals surface area contributed by atoms with Gasteiger partial charge in [-0.25, -0.2) is 0 Å². The Bertz CT molecular complexity index is 877. The molecule has 0 radical (unpaired) electrons. The van der Waals surface area contributed by atoms with Gasteiger partial charge in [-0.15, -0.1) is 0 Å². The van der Waals surface area contributed by atoms with Gasteiger partial charge in [-0.05, 0) is 67.5 Å². The van der Waals surface area contributed by atoms with Gasteiger partial charge in [0.05, 0.1) is 19.5 Å². The Morgan fingerprint density at radius 3 is 2.27 bits per heavy atom. The number of rotatable bonds is 14. The van der Waals surface area contributed by atoms with Crippen LogP contribution < -0.4 is 13.7 Å². The largest absolute Gasteiger partial charge is 0.494 e. The molecule has 0 saturated heterocycles. The second-order valence-electron chi connectivity index (χ2n) is 7.39. The van der Waals surface area contributed by atoms with Crippen molar-refractivity contribution in [2.45, 2.75) is 58.8 Å². The molecule has 0 fully saturated rings. The first-order valence-corrected chi connectivity index (χ1v) is 12.4. The van der Waals surface area contributed by atoms with E-state index >= 15 is 0 Å². The van der Waals surface area contributed by atoms with Crippen molar-refractivity contribution >= 4 is 10.1 Å². The van der Waals surface area contributed by atoms with Crippen molar-refractivity contribution < 1.29 is 22.1 Å². The smallest absolute Gasteiger partial charge is 0.309 e. The molecule has 0 aromatic heterocycles. The van der Waals surface area contributed by atoms with Crippen LogP contribution in [0.25, 0.3) is 0 Å². The SMILES string of the molecule is CCCCOc1cccc(CCCc2ccc(OS(=O)(=O)CCCC)c(OC)c2)c1. The summed E-state index contributed by atoms with van der Waals surface area (Å²) in [7, 11) is -2.08. The predicted octanol–water partition coefficient (Wildman–Crippen LogP) is 5.56. The van der Waals surface area contributed by atoms with E-state index in [0.717, 1.165) is 56.4 Å². The van der Waals surface area contributed by atoms with E-state index in [1.165, 1.54) is 12.7 Å². The first-order valence-electron chi connectivity index (χ1n) is 10.8. The summed E-state index contributed by atoms with van der Waals surface area (Å²) in [4.78, 5) is 0. The summed E-state index contributed by atoms with van der Waals surface area (Å²) < 4.78 is 40.5. The van der Waals surface area contributed by atoms with Crippen LogP contribution >= 0.6 is 0 Å². The highest BCUT2D eigenvalue weighted by atomic mass is 32.2. The third kappa shape index (κ3) is 8.27. The number of hydrogen-bond donors (Lipinski definition) is 0. The molecule has 6 heteroatoms. The Labute approximate surface area is 181 Å². The van der Waals surface area contributed by atoms with Crippen LogP contribution in [0.5, 0.6) is 17.2 Å². The van der Waals surface area contributed by atoms with Crippen molar-refractivity contribution in [1.29, 1.82) is 0 Å². The van der Waals surface area contributed by atoms with Crippen molar-refractivity contribution in [2.24, 2.45) is 0 Å². The van der Waals surface area contributed by atoms with Crippen molar-refractivity contribution in [3.05, 3.63) is 53.6 Å². The number of benzene rings is 2. The topological polar surface area (TPSA) is 61.8 Å². The molecular weight excluding hydrogens is 400 g/mol. The van der Waals surface area contributed by atoms with Gasteiger partial charge in [-0.3, -0.25) is 0 Å². The van der Waals surface area contributed by atoms with Gasteiger partial charge >= 0.3 is 10.1 Å². The minimum absolute atomic E-state index is 0.00955. The van der Waals surface area contributed by atoms with E-state index in [9.17, 15) is 8.42 Å². The zero-order valence-electron chi connectivity index (χ0n) is 18.4. The molecule has 0 heterocycles. The van der Waals surface area contributed by atoms with Crippen LogP contribution in [0.1, 0.15) is 57.1 Å². The fraction of sp³-hybridized carbons (Fsp3) is 0.500. The summed E-state index contributed by atoms with van der Waals surface area (Å²) in [6.07, 6.45) is 6.33. The van der Waals surface area contributed by atoms with Gasteiger partial charge in [0.15, 0.2) is 11.5 Å². The molecular formula is C24H34O5S. The second-order valence-corrected chi connectivity index (χ2v) is 9.08. The third-order valence-corrected chi connectivity index (χ3v) is 6.01. The monoisotopic (exact) mass is 434 g/mol. The fourth-order valence-corrected chi connectivity index (χ4v) is 4.19. The number of hydrogen-bond acceptors (Lipinski definition) is 5. The maximum Gasteiger partial charge on any atom is 0.309 e. The van der Waals surface area contributed by atoms with E-state index in [4.69, 9.17) is 13.7 Å². The average molecular weight is 435 g/mol. The Morgan fingerprint density at radius 1 is 0.833 bits per heavy atom. The molecule has 0 unspecified atom stereocenters. The Hall–Kier alpha value is -2.21. The summed E-state index contributed by atoms with van der Waals surface area (Å²) in [5.74, 6) is 1.62.